The molecule has 0 aliphatic rings. The van der Waals surface area contributed by atoms with Gasteiger partial charge in [0.2, 0.25) is 0 Å². The van der Waals surface area contributed by atoms with E-state index in [1.807, 2.05) is 30.3 Å². The van der Waals surface area contributed by atoms with Crippen molar-refractivity contribution in [2.45, 2.75) is 0 Å². The smallest absolute Gasteiger partial charge is 0.273 e. The Balaban J connectivity index is 1.86. The second kappa shape index (κ2) is 9.36. The van der Waals surface area contributed by atoms with Crippen LogP contribution in [0.25, 0.3) is 0 Å². The lowest BCUT2D eigenvalue weighted by atomic mass is 10.2. The van der Waals surface area contributed by atoms with E-state index in [4.69, 9.17) is 21.7 Å². The topological polar surface area (TPSA) is 71.6 Å². The minimum absolute atomic E-state index is 0.318. The highest BCUT2D eigenvalue weighted by Crippen LogP contribution is 2.17. The predicted octanol–water partition coefficient (Wildman–Crippen LogP) is 1.88. The van der Waals surface area contributed by atoms with Crippen molar-refractivity contribution < 1.29 is 14.3 Å². The number of ether oxygens (including phenoxy) is 2. The second-order valence-corrected chi connectivity index (χ2v) is 5.07. The molecule has 0 saturated heterocycles. The Morgan fingerprint density at radius 2 is 1.62 bits per heavy atom. The summed E-state index contributed by atoms with van der Waals surface area (Å²) in [5.74, 6) is 0.910. The zero-order chi connectivity index (χ0) is 17.2. The SMILES string of the molecule is CNC(=S)NNC(=O)c1ccccc1OCCOc1ccccc1. The van der Waals surface area contributed by atoms with Crippen LogP contribution in [0.15, 0.2) is 54.6 Å². The molecule has 6 nitrogen and oxygen atoms in total. The average Bonchev–Trinajstić information content (AvgIpc) is 2.64. The summed E-state index contributed by atoms with van der Waals surface area (Å²) in [4.78, 5) is 12.2. The zero-order valence-electron chi connectivity index (χ0n) is 13.2. The molecule has 7 heteroatoms. The monoisotopic (exact) mass is 345 g/mol. The van der Waals surface area contributed by atoms with Crippen LogP contribution in [0.1, 0.15) is 10.4 Å². The lowest BCUT2D eigenvalue weighted by molar-refractivity contribution is 0.0938. The maximum absolute atomic E-state index is 12.2. The first-order chi connectivity index (χ1) is 11.7. The molecule has 0 saturated carbocycles. The highest BCUT2D eigenvalue weighted by atomic mass is 32.1. The summed E-state index contributed by atoms with van der Waals surface area (Å²) >= 11 is 4.90. The van der Waals surface area contributed by atoms with Gasteiger partial charge in [-0.25, -0.2) is 0 Å². The first-order valence-corrected chi connectivity index (χ1v) is 7.79. The van der Waals surface area contributed by atoms with E-state index in [9.17, 15) is 4.79 Å². The van der Waals surface area contributed by atoms with Crippen molar-refractivity contribution in [1.29, 1.82) is 0 Å². The lowest BCUT2D eigenvalue weighted by Crippen LogP contribution is -2.45. The van der Waals surface area contributed by atoms with Gasteiger partial charge in [-0.05, 0) is 36.5 Å². The molecule has 3 N–H and O–H groups in total. The number of rotatable bonds is 6. The summed E-state index contributed by atoms with van der Waals surface area (Å²) in [6.07, 6.45) is 0. The Hall–Kier alpha value is -2.80. The largest absolute Gasteiger partial charge is 0.490 e. The highest BCUT2D eigenvalue weighted by molar-refractivity contribution is 7.80. The van der Waals surface area contributed by atoms with Crippen LogP contribution in [-0.4, -0.2) is 31.3 Å². The number of hydrogen-bond donors (Lipinski definition) is 3. The van der Waals surface area contributed by atoms with Gasteiger partial charge in [-0.3, -0.25) is 15.6 Å². The van der Waals surface area contributed by atoms with Crippen LogP contribution < -0.4 is 25.6 Å². The zero-order valence-corrected chi connectivity index (χ0v) is 14.1. The van der Waals surface area contributed by atoms with Crippen LogP contribution in [-0.2, 0) is 0 Å². The summed E-state index contributed by atoms with van der Waals surface area (Å²) in [6, 6.07) is 16.4. The standard InChI is InChI=1S/C17H19N3O3S/c1-18-17(24)20-19-16(21)14-9-5-6-10-15(14)23-12-11-22-13-7-3-2-4-8-13/h2-10H,11-12H2,1H3,(H,19,21)(H2,18,20,24). The number of para-hydroxylation sites is 2. The number of hydrazine groups is 1. The molecule has 0 aliphatic carbocycles. The van der Waals surface area contributed by atoms with Crippen molar-refractivity contribution in [3.63, 3.8) is 0 Å². The number of carbonyl (C=O) groups is 1. The number of carbonyl (C=O) groups excluding carboxylic acids is 1. The van der Waals surface area contributed by atoms with E-state index in [1.54, 1.807) is 31.3 Å². The predicted molar refractivity (Wildman–Crippen MR) is 96.1 cm³/mol. The third-order valence-electron chi connectivity index (χ3n) is 3.00. The third-order valence-corrected chi connectivity index (χ3v) is 3.31. The summed E-state index contributed by atoms with van der Waals surface area (Å²) in [6.45, 7) is 0.698. The fourth-order valence-corrected chi connectivity index (χ4v) is 1.90. The highest BCUT2D eigenvalue weighted by Gasteiger charge is 2.12. The fourth-order valence-electron chi connectivity index (χ4n) is 1.85. The first-order valence-electron chi connectivity index (χ1n) is 7.38. The van der Waals surface area contributed by atoms with Gasteiger partial charge in [0, 0.05) is 7.05 Å². The summed E-state index contributed by atoms with van der Waals surface area (Å²) in [7, 11) is 1.66. The molecule has 2 aromatic carbocycles. The molecule has 0 aliphatic heterocycles. The van der Waals surface area contributed by atoms with Gasteiger partial charge in [0.15, 0.2) is 5.11 Å². The van der Waals surface area contributed by atoms with E-state index in [1.165, 1.54) is 0 Å². The number of benzene rings is 2. The molecule has 0 heterocycles. The van der Waals surface area contributed by atoms with E-state index in [0.717, 1.165) is 5.75 Å². The van der Waals surface area contributed by atoms with Gasteiger partial charge in [-0.15, -0.1) is 0 Å². The van der Waals surface area contributed by atoms with Crippen molar-refractivity contribution in [1.82, 2.24) is 16.2 Å². The van der Waals surface area contributed by atoms with E-state index in [2.05, 4.69) is 16.2 Å². The van der Waals surface area contributed by atoms with Gasteiger partial charge in [0.05, 0.1) is 5.56 Å². The van der Waals surface area contributed by atoms with Gasteiger partial charge in [0.25, 0.3) is 5.91 Å². The molecule has 0 spiro atoms. The molecule has 126 valence electrons. The van der Waals surface area contributed by atoms with Crippen LogP contribution in [0.3, 0.4) is 0 Å². The number of thiocarbonyl (C=S) groups is 1. The summed E-state index contributed by atoms with van der Waals surface area (Å²) in [5.41, 5.74) is 5.50. The van der Waals surface area contributed by atoms with Gasteiger partial charge in [0.1, 0.15) is 24.7 Å². The van der Waals surface area contributed by atoms with Crippen molar-refractivity contribution in [3.05, 3.63) is 60.2 Å². The molecule has 2 aromatic rings. The van der Waals surface area contributed by atoms with Gasteiger partial charge in [-0.2, -0.15) is 0 Å². The van der Waals surface area contributed by atoms with Gasteiger partial charge in [-0.1, -0.05) is 30.3 Å². The quantitative estimate of drug-likeness (QED) is 0.422. The molecular weight excluding hydrogens is 326 g/mol. The molecule has 0 bridgehead atoms. The van der Waals surface area contributed by atoms with Crippen LogP contribution in [0.5, 0.6) is 11.5 Å². The third kappa shape index (κ3) is 5.44. The Kier molecular flexibility index (Phi) is 6.85. The number of nitrogens with one attached hydrogen (secondary N) is 3. The summed E-state index contributed by atoms with van der Waals surface area (Å²) in [5, 5.41) is 3.02. The van der Waals surface area contributed by atoms with E-state index in [-0.39, 0.29) is 5.91 Å². The minimum Gasteiger partial charge on any atom is -0.490 e. The average molecular weight is 345 g/mol. The van der Waals surface area contributed by atoms with E-state index in [0.29, 0.717) is 29.6 Å². The molecule has 0 aromatic heterocycles. The van der Waals surface area contributed by atoms with Gasteiger partial charge >= 0.3 is 0 Å². The van der Waals surface area contributed by atoms with Crippen molar-refractivity contribution in [2.24, 2.45) is 0 Å². The molecule has 0 fully saturated rings. The molecule has 0 atom stereocenters. The Labute approximate surface area is 146 Å². The maximum Gasteiger partial charge on any atom is 0.273 e. The van der Waals surface area contributed by atoms with Crippen molar-refractivity contribution in [2.75, 3.05) is 20.3 Å². The molecule has 0 unspecified atom stereocenters. The fraction of sp³-hybridized carbons (Fsp3) is 0.176. The Bertz CT molecular complexity index is 680. The molecule has 0 radical (unpaired) electrons. The van der Waals surface area contributed by atoms with E-state index >= 15 is 0 Å². The van der Waals surface area contributed by atoms with Crippen LogP contribution in [0, 0.1) is 0 Å². The molecule has 2 rings (SSSR count). The van der Waals surface area contributed by atoms with E-state index < -0.39 is 0 Å². The van der Waals surface area contributed by atoms with Crippen LogP contribution in [0.2, 0.25) is 0 Å². The minimum atomic E-state index is -0.341. The normalized spacial score (nSPS) is 9.71. The second-order valence-electron chi connectivity index (χ2n) is 4.66. The molecular formula is C17H19N3O3S. The van der Waals surface area contributed by atoms with Crippen molar-refractivity contribution in [3.8, 4) is 11.5 Å². The van der Waals surface area contributed by atoms with Crippen molar-refractivity contribution >= 4 is 23.2 Å². The Morgan fingerprint density at radius 3 is 2.38 bits per heavy atom. The van der Waals surface area contributed by atoms with Gasteiger partial charge < -0.3 is 14.8 Å². The van der Waals surface area contributed by atoms with Crippen LogP contribution in [0.4, 0.5) is 0 Å². The lowest BCUT2D eigenvalue weighted by Gasteiger charge is -2.13. The first kappa shape index (κ1) is 17.6. The molecule has 1 amide bonds. The summed E-state index contributed by atoms with van der Waals surface area (Å²) < 4.78 is 11.2. The Morgan fingerprint density at radius 1 is 0.958 bits per heavy atom. The maximum atomic E-state index is 12.2. The number of hydrogen-bond acceptors (Lipinski definition) is 4. The van der Waals surface area contributed by atoms with Crippen LogP contribution >= 0.6 is 12.2 Å². The molecule has 24 heavy (non-hydrogen) atoms. The number of amides is 1.